The maximum Gasteiger partial charge on any atom is 0.358 e. The van der Waals surface area contributed by atoms with Crippen molar-refractivity contribution in [2.75, 3.05) is 6.61 Å². The molecule has 2 aromatic carbocycles. The summed E-state index contributed by atoms with van der Waals surface area (Å²) in [7, 11) is 0. The van der Waals surface area contributed by atoms with Crippen molar-refractivity contribution in [3.8, 4) is 5.75 Å². The van der Waals surface area contributed by atoms with Crippen molar-refractivity contribution in [3.63, 3.8) is 0 Å². The van der Waals surface area contributed by atoms with Gasteiger partial charge < -0.3 is 4.74 Å². The largest absolute Gasteiger partial charge is 0.494 e. The van der Waals surface area contributed by atoms with Gasteiger partial charge in [0.15, 0.2) is 7.14 Å². The third-order valence-corrected chi connectivity index (χ3v) is 8.95. The highest BCUT2D eigenvalue weighted by Gasteiger charge is 2.21. The smallest absolute Gasteiger partial charge is 0.358 e. The average Bonchev–Trinajstić information content (AvgIpc) is 2.70. The third kappa shape index (κ3) is 9.55. The number of aryl methyl sites for hydroxylation is 3. The van der Waals surface area contributed by atoms with Gasteiger partial charge in [0.1, 0.15) is 5.75 Å². The molecule has 29 heavy (non-hydrogen) atoms. The molecule has 2 rings (SSSR count). The first-order chi connectivity index (χ1) is 14.1. The fourth-order valence-corrected chi connectivity index (χ4v) is 6.30. The van der Waals surface area contributed by atoms with Crippen molar-refractivity contribution >= 4 is 0 Å². The minimum Gasteiger partial charge on any atom is -0.494 e. The number of hydrogen-bond acceptors (Lipinski definition) is 1. The number of unbranched alkanes of at least 4 members (excludes halogenated alkanes) is 9. The number of ether oxygens (including phenoxy) is 1. The minimum absolute atomic E-state index is 0.127. The van der Waals surface area contributed by atoms with Gasteiger partial charge in [0.05, 0.1) is 6.61 Å². The molecule has 0 aromatic heterocycles. The summed E-state index contributed by atoms with van der Waals surface area (Å²) in [6.07, 6.45) is 13.7. The van der Waals surface area contributed by atoms with Crippen LogP contribution in [-0.2, 0) is 0 Å². The van der Waals surface area contributed by atoms with Gasteiger partial charge in [-0.2, -0.15) is 0 Å². The van der Waals surface area contributed by atoms with Gasteiger partial charge in [-0.05, 0) is 51.5 Å². The average molecular weight is 508 g/mol. The molecule has 0 spiro atoms. The van der Waals surface area contributed by atoms with Gasteiger partial charge in [0.2, 0.25) is 0 Å². The van der Waals surface area contributed by atoms with Crippen molar-refractivity contribution in [2.24, 2.45) is 0 Å². The molecule has 0 bridgehead atoms. The Balaban J connectivity index is 1.61. The highest BCUT2D eigenvalue weighted by molar-refractivity contribution is 5.27. The lowest BCUT2D eigenvalue weighted by molar-refractivity contribution is -0.598. The van der Waals surface area contributed by atoms with E-state index < -0.39 is 0 Å². The van der Waals surface area contributed by atoms with Gasteiger partial charge in [-0.25, -0.2) is 0 Å². The van der Waals surface area contributed by atoms with E-state index in [9.17, 15) is 0 Å². The summed E-state index contributed by atoms with van der Waals surface area (Å²) in [6.45, 7) is 9.81. The molecule has 0 aliphatic carbocycles. The van der Waals surface area contributed by atoms with Gasteiger partial charge in [0.25, 0.3) is 0 Å². The Morgan fingerprint density at radius 1 is 0.690 bits per heavy atom. The zero-order valence-electron chi connectivity index (χ0n) is 19.0. The second kappa shape index (κ2) is 14.1. The number of halogens is 1. The second-order valence-corrected chi connectivity index (χ2v) is 11.2. The summed E-state index contributed by atoms with van der Waals surface area (Å²) < 4.78 is 8.99. The summed E-state index contributed by atoms with van der Waals surface area (Å²) in [6, 6.07) is 13.5. The molecule has 2 heteroatoms. The molecule has 0 aliphatic heterocycles. The zero-order valence-corrected chi connectivity index (χ0v) is 21.2. The van der Waals surface area contributed by atoms with E-state index in [0.29, 0.717) is 0 Å². The van der Waals surface area contributed by atoms with E-state index in [1.54, 1.807) is 3.57 Å². The van der Waals surface area contributed by atoms with Crippen molar-refractivity contribution < 1.29 is 25.9 Å². The molecule has 0 saturated carbocycles. The molecule has 2 aromatic rings. The topological polar surface area (TPSA) is 9.23 Å². The summed E-state index contributed by atoms with van der Waals surface area (Å²) in [5.41, 5.74) is 4.25. The van der Waals surface area contributed by atoms with Crippen LogP contribution in [0.25, 0.3) is 0 Å². The van der Waals surface area contributed by atoms with Crippen LogP contribution in [0.15, 0.2) is 36.4 Å². The summed E-state index contributed by atoms with van der Waals surface area (Å²) >= 11 is -0.127. The van der Waals surface area contributed by atoms with Crippen LogP contribution in [0.4, 0.5) is 0 Å². The molecule has 0 atom stereocenters. The third-order valence-electron chi connectivity index (χ3n) is 5.36. The SMILES string of the molecule is CCCCCCCCCCCCOc1ccc([I+]c2c(C)cc(C)cc2C)cc1. The Morgan fingerprint density at radius 3 is 1.76 bits per heavy atom. The summed E-state index contributed by atoms with van der Waals surface area (Å²) in [5, 5.41) is 0. The lowest BCUT2D eigenvalue weighted by Crippen LogP contribution is -3.62. The van der Waals surface area contributed by atoms with E-state index in [1.807, 2.05) is 0 Å². The van der Waals surface area contributed by atoms with Gasteiger partial charge in [-0.1, -0.05) is 82.4 Å². The van der Waals surface area contributed by atoms with Gasteiger partial charge >= 0.3 is 21.2 Å². The van der Waals surface area contributed by atoms with Gasteiger partial charge in [-0.15, -0.1) is 0 Å². The summed E-state index contributed by atoms with van der Waals surface area (Å²) in [4.78, 5) is 0. The summed E-state index contributed by atoms with van der Waals surface area (Å²) in [5.74, 6) is 1.02. The van der Waals surface area contributed by atoms with E-state index >= 15 is 0 Å². The molecule has 1 nitrogen and oxygen atoms in total. The van der Waals surface area contributed by atoms with Crippen molar-refractivity contribution in [1.82, 2.24) is 0 Å². The molecule has 0 fully saturated rings. The number of hydrogen-bond donors (Lipinski definition) is 0. The van der Waals surface area contributed by atoms with Crippen LogP contribution in [-0.4, -0.2) is 6.61 Å². The molecule has 0 unspecified atom stereocenters. The number of benzene rings is 2. The lowest BCUT2D eigenvalue weighted by atomic mass is 10.1. The van der Waals surface area contributed by atoms with E-state index in [-0.39, 0.29) is 21.2 Å². The Hall–Kier alpha value is -1.03. The highest BCUT2D eigenvalue weighted by Crippen LogP contribution is 2.13. The van der Waals surface area contributed by atoms with Gasteiger partial charge in [0, 0.05) is 11.1 Å². The van der Waals surface area contributed by atoms with Crippen molar-refractivity contribution in [1.29, 1.82) is 0 Å². The molecule has 0 heterocycles. The molecular formula is C27H40IO+. The predicted octanol–water partition coefficient (Wildman–Crippen LogP) is 5.04. The molecule has 160 valence electrons. The Kier molecular flexibility index (Phi) is 11.8. The van der Waals surface area contributed by atoms with E-state index in [0.717, 1.165) is 12.4 Å². The number of rotatable bonds is 14. The maximum atomic E-state index is 5.96. The van der Waals surface area contributed by atoms with Crippen LogP contribution in [0.1, 0.15) is 87.8 Å². The molecule has 0 saturated heterocycles. The molecule has 0 radical (unpaired) electrons. The first-order valence-electron chi connectivity index (χ1n) is 11.6. The molecule has 0 aliphatic rings. The van der Waals surface area contributed by atoms with Crippen molar-refractivity contribution in [3.05, 3.63) is 60.2 Å². The predicted molar refractivity (Wildman–Crippen MR) is 122 cm³/mol. The van der Waals surface area contributed by atoms with Crippen molar-refractivity contribution in [2.45, 2.75) is 91.9 Å². The van der Waals surface area contributed by atoms with Crippen LogP contribution in [0, 0.1) is 27.9 Å². The first-order valence-corrected chi connectivity index (χ1v) is 13.7. The Labute approximate surface area is 189 Å². The minimum atomic E-state index is -0.127. The molecule has 0 N–H and O–H groups in total. The van der Waals surface area contributed by atoms with E-state index in [4.69, 9.17) is 4.74 Å². The van der Waals surface area contributed by atoms with Crippen LogP contribution in [0.3, 0.4) is 0 Å². The van der Waals surface area contributed by atoms with E-state index in [2.05, 4.69) is 64.1 Å². The van der Waals surface area contributed by atoms with Crippen LogP contribution < -0.4 is 25.9 Å². The maximum absolute atomic E-state index is 5.96. The highest BCUT2D eigenvalue weighted by atomic mass is 127. The van der Waals surface area contributed by atoms with Gasteiger partial charge in [-0.3, -0.25) is 0 Å². The standard InChI is InChI=1S/C27H40IO/c1-5-6-7-8-9-10-11-12-13-14-19-29-26-17-15-25(16-18-26)28-27-23(3)20-22(2)21-24(27)4/h15-18,20-21H,5-14,19H2,1-4H3/q+1. The van der Waals surface area contributed by atoms with Crippen LogP contribution in [0.2, 0.25) is 0 Å². The first kappa shape index (κ1) is 24.2. The lowest BCUT2D eigenvalue weighted by Gasteiger charge is -2.06. The van der Waals surface area contributed by atoms with E-state index in [1.165, 1.54) is 84.5 Å². The molecular weight excluding hydrogens is 467 g/mol. The Morgan fingerprint density at radius 2 is 1.21 bits per heavy atom. The van der Waals surface area contributed by atoms with Crippen LogP contribution >= 0.6 is 0 Å². The molecule has 0 amide bonds. The fourth-order valence-electron chi connectivity index (χ4n) is 3.79. The fraction of sp³-hybridized carbons (Fsp3) is 0.556. The second-order valence-electron chi connectivity index (χ2n) is 8.29. The Bertz CT molecular complexity index is 682. The normalized spacial score (nSPS) is 11.0. The van der Waals surface area contributed by atoms with Crippen LogP contribution in [0.5, 0.6) is 5.75 Å². The quantitative estimate of drug-likeness (QED) is 0.257. The monoisotopic (exact) mass is 507 g/mol. The zero-order chi connectivity index (χ0) is 20.9.